The van der Waals surface area contributed by atoms with E-state index >= 15 is 0 Å². The van der Waals surface area contributed by atoms with Crippen LogP contribution in [-0.4, -0.2) is 14.5 Å². The van der Waals surface area contributed by atoms with Crippen LogP contribution in [0.2, 0.25) is 0 Å². The van der Waals surface area contributed by atoms with Gasteiger partial charge in [-0.25, -0.2) is 9.97 Å². The van der Waals surface area contributed by atoms with Crippen molar-refractivity contribution in [2.24, 2.45) is 0 Å². The highest BCUT2D eigenvalue weighted by atomic mass is 15.1. The second-order valence-electron chi connectivity index (χ2n) is 15.5. The summed E-state index contributed by atoms with van der Waals surface area (Å²) in [6.07, 6.45) is 0. The summed E-state index contributed by atoms with van der Waals surface area (Å²) in [5.41, 5.74) is 18.1. The number of hydrogen-bond donors (Lipinski definition) is 0. The lowest BCUT2D eigenvalue weighted by atomic mass is 9.87. The zero-order chi connectivity index (χ0) is 40.9. The Labute approximate surface area is 347 Å². The molecule has 0 aliphatic rings. The number of para-hydroxylation sites is 1. The van der Waals surface area contributed by atoms with Gasteiger partial charge in [0.25, 0.3) is 0 Å². The summed E-state index contributed by atoms with van der Waals surface area (Å²) in [5.74, 6) is 0.834. The lowest BCUT2D eigenvalue weighted by Gasteiger charge is -2.21. The lowest BCUT2D eigenvalue weighted by Crippen LogP contribution is -2.08. The van der Waals surface area contributed by atoms with Crippen LogP contribution in [0.5, 0.6) is 0 Å². The van der Waals surface area contributed by atoms with E-state index in [9.17, 15) is 0 Å². The van der Waals surface area contributed by atoms with Crippen molar-refractivity contribution >= 4 is 43.4 Å². The van der Waals surface area contributed by atoms with Gasteiger partial charge in [0.05, 0.1) is 22.4 Å². The van der Waals surface area contributed by atoms with Crippen molar-refractivity contribution in [3.8, 4) is 50.6 Å². The van der Waals surface area contributed by atoms with Gasteiger partial charge in [-0.15, -0.1) is 0 Å². The molecule has 2 heterocycles. The molecule has 0 saturated heterocycles. The fourth-order valence-corrected chi connectivity index (χ4v) is 9.37. The molecule has 8 aromatic carbocycles. The number of rotatable bonds is 5. The molecule has 0 unspecified atom stereocenters. The third-order valence-electron chi connectivity index (χ3n) is 12.2. The van der Waals surface area contributed by atoms with E-state index < -0.39 is 0 Å². The van der Waals surface area contributed by atoms with Crippen LogP contribution in [-0.2, 0) is 0 Å². The van der Waals surface area contributed by atoms with Gasteiger partial charge in [-0.3, -0.25) is 4.57 Å². The summed E-state index contributed by atoms with van der Waals surface area (Å²) >= 11 is 0. The molecular weight excluding hydrogens is 715 g/mol. The van der Waals surface area contributed by atoms with E-state index in [1.807, 2.05) is 13.8 Å². The van der Waals surface area contributed by atoms with Crippen molar-refractivity contribution < 1.29 is 0 Å². The second-order valence-corrected chi connectivity index (χ2v) is 15.5. The number of fused-ring (bicyclic) bond motifs is 6. The first kappa shape index (κ1) is 37.7. The molecule has 0 amide bonds. The zero-order valence-electron chi connectivity index (χ0n) is 35.3. The Morgan fingerprint density at radius 3 is 1.69 bits per heavy atom. The van der Waals surface area contributed by atoms with Gasteiger partial charge in [-0.1, -0.05) is 159 Å². The molecule has 2 aromatic heterocycles. The van der Waals surface area contributed by atoms with Crippen LogP contribution in [0.3, 0.4) is 0 Å². The fourth-order valence-electron chi connectivity index (χ4n) is 9.37. The lowest BCUT2D eigenvalue weighted by molar-refractivity contribution is 1.01. The van der Waals surface area contributed by atoms with Crippen LogP contribution in [0.4, 0.5) is 0 Å². The molecular formula is C56H49N3. The minimum Gasteiger partial charge on any atom is -0.292 e. The first-order chi connectivity index (χ1) is 28.8. The van der Waals surface area contributed by atoms with Crippen LogP contribution in [0.25, 0.3) is 93.9 Å². The molecule has 0 aliphatic heterocycles. The maximum atomic E-state index is 5.70. The summed E-state index contributed by atoms with van der Waals surface area (Å²) in [5, 5.41) is 7.45. The molecule has 10 rings (SSSR count). The van der Waals surface area contributed by atoms with Crippen LogP contribution >= 0.6 is 0 Å². The monoisotopic (exact) mass is 763 g/mol. The molecule has 0 radical (unpaired) electrons. The van der Waals surface area contributed by atoms with Crippen molar-refractivity contribution in [3.63, 3.8) is 0 Å². The SMILES string of the molecule is CC.Cc1ccccc1-c1cccc(-c2nc(-c3ccccc3C)c(C)nc2-n2c3ccccc3c3c4ccccc4c(-c4ccc5ccccc5c4C)c(C)c32)c1C. The molecule has 3 nitrogen and oxygen atoms in total. The van der Waals surface area contributed by atoms with E-state index in [4.69, 9.17) is 9.97 Å². The summed E-state index contributed by atoms with van der Waals surface area (Å²) in [6, 6.07) is 54.9. The van der Waals surface area contributed by atoms with Crippen molar-refractivity contribution in [2.75, 3.05) is 0 Å². The van der Waals surface area contributed by atoms with E-state index in [1.54, 1.807) is 0 Å². The van der Waals surface area contributed by atoms with Crippen molar-refractivity contribution in [1.29, 1.82) is 0 Å². The normalized spacial score (nSPS) is 11.4. The number of aromatic nitrogens is 3. The largest absolute Gasteiger partial charge is 0.292 e. The molecule has 0 atom stereocenters. The van der Waals surface area contributed by atoms with Gasteiger partial charge in [0.15, 0.2) is 5.82 Å². The highest BCUT2D eigenvalue weighted by Gasteiger charge is 2.27. The molecule has 10 aromatic rings. The van der Waals surface area contributed by atoms with Crippen LogP contribution in [0.15, 0.2) is 152 Å². The highest BCUT2D eigenvalue weighted by Crippen LogP contribution is 2.47. The molecule has 0 spiro atoms. The predicted molar refractivity (Wildman–Crippen MR) is 253 cm³/mol. The van der Waals surface area contributed by atoms with Crippen LogP contribution in [0.1, 0.15) is 47.4 Å². The first-order valence-electron chi connectivity index (χ1n) is 20.9. The predicted octanol–water partition coefficient (Wildman–Crippen LogP) is 15.4. The summed E-state index contributed by atoms with van der Waals surface area (Å²) in [7, 11) is 0. The highest BCUT2D eigenvalue weighted by molar-refractivity contribution is 6.26. The summed E-state index contributed by atoms with van der Waals surface area (Å²) < 4.78 is 2.42. The van der Waals surface area contributed by atoms with Crippen molar-refractivity contribution in [3.05, 3.63) is 185 Å². The van der Waals surface area contributed by atoms with Gasteiger partial charge in [0.1, 0.15) is 5.69 Å². The number of nitrogens with zero attached hydrogens (tertiary/aromatic N) is 3. The Morgan fingerprint density at radius 2 is 0.966 bits per heavy atom. The van der Waals surface area contributed by atoms with Crippen LogP contribution < -0.4 is 0 Å². The Balaban J connectivity index is 0.00000221. The van der Waals surface area contributed by atoms with E-state index in [0.29, 0.717) is 0 Å². The zero-order valence-corrected chi connectivity index (χ0v) is 35.3. The molecule has 0 N–H and O–H groups in total. The third kappa shape index (κ3) is 6.03. The molecule has 0 fully saturated rings. The first-order valence-corrected chi connectivity index (χ1v) is 20.9. The quantitative estimate of drug-likeness (QED) is 0.175. The minimum atomic E-state index is 0.834. The van der Waals surface area contributed by atoms with Crippen LogP contribution in [0, 0.1) is 41.5 Å². The molecule has 59 heavy (non-hydrogen) atoms. The molecule has 288 valence electrons. The Bertz CT molecular complexity index is 3250. The second kappa shape index (κ2) is 15.2. The van der Waals surface area contributed by atoms with Gasteiger partial charge >= 0.3 is 0 Å². The van der Waals surface area contributed by atoms with E-state index in [2.05, 4.69) is 198 Å². The maximum Gasteiger partial charge on any atom is 0.164 e. The van der Waals surface area contributed by atoms with Gasteiger partial charge < -0.3 is 0 Å². The van der Waals surface area contributed by atoms with E-state index in [-0.39, 0.29) is 0 Å². The Morgan fingerprint density at radius 1 is 0.390 bits per heavy atom. The standard InChI is InChI=1S/C54H43N3.C2H6/c1-32-18-7-10-21-39(32)42-27-17-28-44(35(42)4)52-54(55-37(6)51(56-52)40-22-11-8-19-33(40)2)57-48-29-16-15-26-47(48)50-46-25-14-13-24-45(46)49(36(5)53(50)57)43-31-30-38-20-9-12-23-41(38)34(43)3;1-2/h7-31H,1-6H3;1-2H3. The van der Waals surface area contributed by atoms with E-state index in [1.165, 1.54) is 82.4 Å². The molecule has 0 saturated carbocycles. The summed E-state index contributed by atoms with van der Waals surface area (Å²) in [6.45, 7) is 17.3. The smallest absolute Gasteiger partial charge is 0.164 e. The minimum absolute atomic E-state index is 0.834. The average molecular weight is 764 g/mol. The van der Waals surface area contributed by atoms with Crippen molar-refractivity contribution in [2.45, 2.75) is 55.4 Å². The topological polar surface area (TPSA) is 30.7 Å². The van der Waals surface area contributed by atoms with E-state index in [0.717, 1.165) is 45.1 Å². The third-order valence-corrected chi connectivity index (χ3v) is 12.2. The molecule has 3 heteroatoms. The fraction of sp³-hybridized carbons (Fsp3) is 0.143. The molecule has 0 bridgehead atoms. The Hall–Kier alpha value is -6.84. The summed E-state index contributed by atoms with van der Waals surface area (Å²) in [4.78, 5) is 11.4. The van der Waals surface area contributed by atoms with Gasteiger partial charge in [-0.2, -0.15) is 0 Å². The number of hydrogen-bond acceptors (Lipinski definition) is 2. The van der Waals surface area contributed by atoms with Gasteiger partial charge in [-0.05, 0) is 119 Å². The average Bonchev–Trinajstić information content (AvgIpc) is 3.62. The molecule has 0 aliphatic carbocycles. The number of aryl methyl sites for hydroxylation is 5. The maximum absolute atomic E-state index is 5.70. The number of benzene rings is 8. The van der Waals surface area contributed by atoms with Gasteiger partial charge in [0, 0.05) is 21.9 Å². The van der Waals surface area contributed by atoms with Gasteiger partial charge in [0.2, 0.25) is 0 Å². The Kier molecular flexibility index (Phi) is 9.69. The van der Waals surface area contributed by atoms with Crippen molar-refractivity contribution in [1.82, 2.24) is 14.5 Å².